The van der Waals surface area contributed by atoms with Crippen molar-refractivity contribution in [2.75, 3.05) is 18.2 Å². The number of benzene rings is 1. The molecule has 1 aliphatic carbocycles. The van der Waals surface area contributed by atoms with Crippen LogP contribution in [0.15, 0.2) is 16.6 Å². The van der Waals surface area contributed by atoms with Gasteiger partial charge in [0.15, 0.2) is 0 Å². The maximum absolute atomic E-state index is 12.6. The van der Waals surface area contributed by atoms with Gasteiger partial charge in [-0.3, -0.25) is 4.79 Å². The van der Waals surface area contributed by atoms with Crippen molar-refractivity contribution in [3.8, 4) is 0 Å². The van der Waals surface area contributed by atoms with Crippen LogP contribution in [0.3, 0.4) is 0 Å². The highest BCUT2D eigenvalue weighted by Gasteiger charge is 2.22. The highest BCUT2D eigenvalue weighted by molar-refractivity contribution is 9.10. The minimum Gasteiger partial charge on any atom is -0.398 e. The van der Waals surface area contributed by atoms with Gasteiger partial charge in [0.25, 0.3) is 5.91 Å². The molecule has 1 fully saturated rings. The summed E-state index contributed by atoms with van der Waals surface area (Å²) >= 11 is 9.23. The van der Waals surface area contributed by atoms with E-state index >= 15 is 0 Å². The van der Waals surface area contributed by atoms with Crippen molar-refractivity contribution < 1.29 is 4.79 Å². The summed E-state index contributed by atoms with van der Waals surface area (Å²) in [6, 6.07) is 4.49. The Hall–Kier alpha value is -0.780. The van der Waals surface area contributed by atoms with Gasteiger partial charge in [0.05, 0.1) is 5.69 Å². The van der Waals surface area contributed by atoms with Gasteiger partial charge >= 0.3 is 0 Å². The minimum absolute atomic E-state index is 0.0460. The largest absolute Gasteiger partial charge is 0.398 e. The van der Waals surface area contributed by atoms with Gasteiger partial charge < -0.3 is 16.4 Å². The predicted molar refractivity (Wildman–Crippen MR) is 118 cm³/mol. The van der Waals surface area contributed by atoms with Gasteiger partial charge in [-0.05, 0) is 65.7 Å². The minimum atomic E-state index is -0.0460. The van der Waals surface area contributed by atoms with Gasteiger partial charge in [-0.25, -0.2) is 0 Å². The molecule has 0 heterocycles. The van der Waals surface area contributed by atoms with E-state index in [1.54, 1.807) is 0 Å². The Morgan fingerprint density at radius 3 is 2.67 bits per heavy atom. The lowest BCUT2D eigenvalue weighted by atomic mass is 9.92. The first-order chi connectivity index (χ1) is 13.1. The van der Waals surface area contributed by atoms with Crippen LogP contribution in [0.2, 0.25) is 0 Å². The zero-order valence-corrected chi connectivity index (χ0v) is 18.7. The summed E-state index contributed by atoms with van der Waals surface area (Å²) in [6.07, 6.45) is 10.3. The second kappa shape index (κ2) is 11.9. The van der Waals surface area contributed by atoms with E-state index in [2.05, 4.69) is 33.5 Å². The number of amides is 1. The lowest BCUT2D eigenvalue weighted by molar-refractivity contribution is 0.0953. The zero-order valence-electron chi connectivity index (χ0n) is 16.3. The van der Waals surface area contributed by atoms with Gasteiger partial charge in [-0.2, -0.15) is 0 Å². The number of hydrogen-bond donors (Lipinski definition) is 3. The fourth-order valence-corrected chi connectivity index (χ4v) is 4.40. The van der Waals surface area contributed by atoms with Crippen LogP contribution < -0.4 is 16.4 Å². The third-order valence-corrected chi connectivity index (χ3v) is 6.27. The third-order valence-electron chi connectivity index (χ3n) is 5.35. The molecule has 6 heteroatoms. The van der Waals surface area contributed by atoms with E-state index < -0.39 is 0 Å². The Bertz CT molecular complexity index is 605. The molecule has 1 atom stereocenters. The highest BCUT2D eigenvalue weighted by atomic mass is 79.9. The van der Waals surface area contributed by atoms with E-state index in [4.69, 9.17) is 17.3 Å². The predicted octanol–water partition coefficient (Wildman–Crippen LogP) is 5.54. The first-order valence-corrected chi connectivity index (χ1v) is 11.6. The molecular formula is C21H33BrClN3O. The molecule has 152 valence electrons. The Morgan fingerprint density at radius 1 is 1.26 bits per heavy atom. The normalized spacial score (nSPS) is 16.3. The van der Waals surface area contributed by atoms with Crippen molar-refractivity contribution in [1.29, 1.82) is 0 Å². The van der Waals surface area contributed by atoms with E-state index in [1.807, 2.05) is 12.1 Å². The molecule has 0 aliphatic heterocycles. The summed E-state index contributed by atoms with van der Waals surface area (Å²) in [5.74, 6) is 0.629. The average Bonchev–Trinajstić information content (AvgIpc) is 2.68. The summed E-state index contributed by atoms with van der Waals surface area (Å²) < 4.78 is 0.788. The van der Waals surface area contributed by atoms with Crippen molar-refractivity contribution in [2.45, 2.75) is 76.8 Å². The number of carbonyl (C=O) groups excluding carboxylic acids is 1. The monoisotopic (exact) mass is 457 g/mol. The van der Waals surface area contributed by atoms with Crippen LogP contribution in [-0.4, -0.2) is 24.4 Å². The summed E-state index contributed by atoms with van der Waals surface area (Å²) in [5, 5.41) is 6.78. The number of rotatable bonds is 10. The lowest BCUT2D eigenvalue weighted by Crippen LogP contribution is -2.34. The van der Waals surface area contributed by atoms with Crippen molar-refractivity contribution >= 4 is 39.1 Å². The molecule has 0 radical (unpaired) electrons. The number of anilines is 1. The second-order valence-electron chi connectivity index (χ2n) is 7.43. The maximum Gasteiger partial charge on any atom is 0.251 e. The van der Waals surface area contributed by atoms with Crippen molar-refractivity contribution in [3.63, 3.8) is 0 Å². The first-order valence-electron chi connectivity index (χ1n) is 10.3. The van der Waals surface area contributed by atoms with Gasteiger partial charge in [0.2, 0.25) is 0 Å². The van der Waals surface area contributed by atoms with Crippen LogP contribution in [-0.2, 0) is 0 Å². The number of unbranched alkanes of at least 4 members (excludes halogenated alkanes) is 2. The number of nitrogens with two attached hydrogens (primary N) is 1. The Morgan fingerprint density at radius 2 is 2.00 bits per heavy atom. The topological polar surface area (TPSA) is 67.2 Å². The molecule has 1 aromatic carbocycles. The van der Waals surface area contributed by atoms with Crippen LogP contribution in [0.25, 0.3) is 0 Å². The second-order valence-corrected chi connectivity index (χ2v) is 8.66. The molecule has 1 unspecified atom stereocenters. The van der Waals surface area contributed by atoms with Crippen LogP contribution in [0.1, 0.15) is 86.7 Å². The number of nitrogen functional groups attached to an aromatic ring is 1. The molecule has 0 aromatic heterocycles. The van der Waals surface area contributed by atoms with Crippen LogP contribution >= 0.6 is 27.5 Å². The molecule has 1 amide bonds. The van der Waals surface area contributed by atoms with E-state index in [0.29, 0.717) is 24.0 Å². The molecule has 0 saturated heterocycles. The van der Waals surface area contributed by atoms with Gasteiger partial charge in [0.1, 0.15) is 0 Å². The summed E-state index contributed by atoms with van der Waals surface area (Å²) in [4.78, 5) is 12.6. The van der Waals surface area contributed by atoms with Gasteiger partial charge in [0, 0.05) is 34.5 Å². The summed E-state index contributed by atoms with van der Waals surface area (Å²) in [7, 11) is 0. The van der Waals surface area contributed by atoms with Gasteiger partial charge in [-0.1, -0.05) is 32.6 Å². The molecule has 1 aliphatic rings. The van der Waals surface area contributed by atoms with E-state index in [1.165, 1.54) is 32.1 Å². The maximum atomic E-state index is 12.6. The van der Waals surface area contributed by atoms with Crippen molar-refractivity contribution in [1.82, 2.24) is 10.6 Å². The molecule has 1 aromatic rings. The number of alkyl halides is 1. The fraction of sp³-hybridized carbons (Fsp3) is 0.667. The molecule has 4 N–H and O–H groups in total. The smallest absolute Gasteiger partial charge is 0.251 e. The van der Waals surface area contributed by atoms with E-state index in [9.17, 15) is 4.79 Å². The Labute approximate surface area is 177 Å². The van der Waals surface area contributed by atoms with Gasteiger partial charge in [-0.15, -0.1) is 11.6 Å². The molecule has 0 bridgehead atoms. The quantitative estimate of drug-likeness (QED) is 0.245. The summed E-state index contributed by atoms with van der Waals surface area (Å²) in [5.41, 5.74) is 8.76. The first kappa shape index (κ1) is 22.5. The highest BCUT2D eigenvalue weighted by Crippen LogP contribution is 2.32. The standard InChI is InChI=1S/C21H33BrClN3O/c1-2-19(26-16-9-5-3-6-10-16)17-13-15(14-18(22)20(17)24)21(27)25-12-8-4-7-11-23/h13-14,16,19,26H,2-12,24H2,1H3,(H,25,27). The molecular weight excluding hydrogens is 426 g/mol. The number of carbonyl (C=O) groups is 1. The third kappa shape index (κ3) is 6.95. The zero-order chi connectivity index (χ0) is 19.6. The van der Waals surface area contributed by atoms with Crippen LogP contribution in [0.4, 0.5) is 5.69 Å². The van der Waals surface area contributed by atoms with Crippen LogP contribution in [0, 0.1) is 0 Å². The number of hydrogen-bond acceptors (Lipinski definition) is 3. The lowest BCUT2D eigenvalue weighted by Gasteiger charge is -2.29. The molecule has 0 spiro atoms. The molecule has 27 heavy (non-hydrogen) atoms. The molecule has 4 nitrogen and oxygen atoms in total. The molecule has 1 saturated carbocycles. The Balaban J connectivity index is 2.07. The molecule has 2 rings (SSSR count). The fourth-order valence-electron chi connectivity index (χ4n) is 3.74. The van der Waals surface area contributed by atoms with Crippen molar-refractivity contribution in [3.05, 3.63) is 27.7 Å². The SMILES string of the molecule is CCC(NC1CCCCC1)c1cc(C(=O)NCCCCCCl)cc(Br)c1N. The van der Waals surface area contributed by atoms with E-state index in [0.717, 1.165) is 41.4 Å². The Kier molecular flexibility index (Phi) is 9.94. The van der Waals surface area contributed by atoms with Crippen molar-refractivity contribution in [2.24, 2.45) is 0 Å². The van der Waals surface area contributed by atoms with Crippen LogP contribution in [0.5, 0.6) is 0 Å². The average molecular weight is 459 g/mol. The summed E-state index contributed by atoms with van der Waals surface area (Å²) in [6.45, 7) is 2.84. The number of nitrogens with one attached hydrogen (secondary N) is 2. The number of halogens is 2. The van der Waals surface area contributed by atoms with E-state index in [-0.39, 0.29) is 11.9 Å².